The van der Waals surface area contributed by atoms with Crippen LogP contribution in [-0.4, -0.2) is 21.6 Å². The predicted molar refractivity (Wildman–Crippen MR) is 80.4 cm³/mol. The summed E-state index contributed by atoms with van der Waals surface area (Å²) in [5.41, 5.74) is -0.341. The molecule has 1 N–H and O–H groups in total. The maximum Gasteiger partial charge on any atom is 0.108 e. The molecule has 4 heteroatoms. The summed E-state index contributed by atoms with van der Waals surface area (Å²) >= 11 is 0. The van der Waals surface area contributed by atoms with E-state index in [1.54, 1.807) is 0 Å². The van der Waals surface area contributed by atoms with Crippen molar-refractivity contribution in [3.63, 3.8) is 0 Å². The number of nitrogens with zero attached hydrogens (tertiary/aromatic N) is 3. The largest absolute Gasteiger partial charge is 0.332 e. The van der Waals surface area contributed by atoms with Crippen molar-refractivity contribution in [1.29, 1.82) is 5.26 Å². The third kappa shape index (κ3) is 3.21. The first-order chi connectivity index (χ1) is 9.74. The van der Waals surface area contributed by atoms with Gasteiger partial charge in [-0.05, 0) is 45.1 Å². The zero-order valence-corrected chi connectivity index (χ0v) is 12.7. The summed E-state index contributed by atoms with van der Waals surface area (Å²) in [4.78, 5) is 4.48. The zero-order chi connectivity index (χ0) is 14.4. The molecule has 0 amide bonds. The second kappa shape index (κ2) is 6.90. The van der Waals surface area contributed by atoms with Crippen molar-refractivity contribution in [3.05, 3.63) is 18.2 Å². The van der Waals surface area contributed by atoms with Crippen LogP contribution in [0.2, 0.25) is 0 Å². The van der Waals surface area contributed by atoms with Crippen LogP contribution in [0.3, 0.4) is 0 Å². The van der Waals surface area contributed by atoms with E-state index in [1.807, 2.05) is 6.20 Å². The maximum atomic E-state index is 9.62. The minimum atomic E-state index is -0.341. The van der Waals surface area contributed by atoms with E-state index >= 15 is 0 Å². The number of hydrogen-bond acceptors (Lipinski definition) is 3. The molecule has 20 heavy (non-hydrogen) atoms. The van der Waals surface area contributed by atoms with E-state index in [4.69, 9.17) is 0 Å². The average molecular weight is 274 g/mol. The number of hydrogen-bond donors (Lipinski definition) is 1. The van der Waals surface area contributed by atoms with E-state index in [0.717, 1.165) is 51.5 Å². The Bertz CT molecular complexity index is 459. The van der Waals surface area contributed by atoms with Crippen LogP contribution in [0.25, 0.3) is 0 Å². The van der Waals surface area contributed by atoms with Gasteiger partial charge in [-0.1, -0.05) is 13.8 Å². The summed E-state index contributed by atoms with van der Waals surface area (Å²) in [5.74, 6) is 1.17. The molecule has 0 aliphatic heterocycles. The molecule has 1 aliphatic rings. The molecule has 1 saturated carbocycles. The molecule has 2 rings (SSSR count). The lowest BCUT2D eigenvalue weighted by Crippen LogP contribution is -2.48. The van der Waals surface area contributed by atoms with Crippen molar-refractivity contribution in [2.45, 2.75) is 70.4 Å². The number of aryl methyl sites for hydroxylation is 1. The Morgan fingerprint density at radius 3 is 3.05 bits per heavy atom. The quantitative estimate of drug-likeness (QED) is 0.866. The van der Waals surface area contributed by atoms with Crippen molar-refractivity contribution in [3.8, 4) is 6.07 Å². The number of nitrogens with one attached hydrogen (secondary N) is 1. The van der Waals surface area contributed by atoms with Gasteiger partial charge in [-0.15, -0.1) is 0 Å². The Balaban J connectivity index is 2.13. The van der Waals surface area contributed by atoms with Crippen LogP contribution in [0.15, 0.2) is 12.4 Å². The molecule has 4 nitrogen and oxygen atoms in total. The normalized spacial score (nSPS) is 26.4. The van der Waals surface area contributed by atoms with Crippen LogP contribution < -0.4 is 5.32 Å². The maximum absolute atomic E-state index is 9.62. The van der Waals surface area contributed by atoms with E-state index < -0.39 is 0 Å². The Labute approximate surface area is 122 Å². The molecule has 0 saturated heterocycles. The first-order valence-electron chi connectivity index (χ1n) is 7.92. The molecular formula is C16H26N4. The minimum absolute atomic E-state index is 0.341. The van der Waals surface area contributed by atoms with Crippen molar-refractivity contribution >= 4 is 0 Å². The smallest absolute Gasteiger partial charge is 0.108 e. The number of imidazole rings is 1. The first kappa shape index (κ1) is 15.1. The van der Waals surface area contributed by atoms with Gasteiger partial charge in [-0.2, -0.15) is 5.26 Å². The Morgan fingerprint density at radius 1 is 1.50 bits per heavy atom. The highest BCUT2D eigenvalue weighted by Gasteiger charge is 2.37. The van der Waals surface area contributed by atoms with Gasteiger partial charge in [0.05, 0.1) is 6.07 Å². The highest BCUT2D eigenvalue weighted by Crippen LogP contribution is 2.35. The average Bonchev–Trinajstić information content (AvgIpc) is 2.94. The van der Waals surface area contributed by atoms with Gasteiger partial charge < -0.3 is 4.57 Å². The third-order valence-corrected chi connectivity index (χ3v) is 4.27. The van der Waals surface area contributed by atoms with Crippen molar-refractivity contribution in [2.24, 2.45) is 0 Å². The molecule has 1 aromatic rings. The molecular weight excluding hydrogens is 248 g/mol. The first-order valence-corrected chi connectivity index (χ1v) is 7.92. The van der Waals surface area contributed by atoms with Gasteiger partial charge in [0.1, 0.15) is 11.4 Å². The molecule has 2 unspecified atom stereocenters. The van der Waals surface area contributed by atoms with Crippen LogP contribution in [0.1, 0.15) is 64.2 Å². The predicted octanol–water partition coefficient (Wildman–Crippen LogP) is 3.21. The van der Waals surface area contributed by atoms with Crippen LogP contribution >= 0.6 is 0 Å². The van der Waals surface area contributed by atoms with Crippen LogP contribution in [0, 0.1) is 11.3 Å². The summed E-state index contributed by atoms with van der Waals surface area (Å²) in [6, 6.07) is 2.96. The zero-order valence-electron chi connectivity index (χ0n) is 12.7. The van der Waals surface area contributed by atoms with E-state index in [9.17, 15) is 5.26 Å². The highest BCUT2D eigenvalue weighted by molar-refractivity contribution is 5.11. The summed E-state index contributed by atoms with van der Waals surface area (Å²) in [6.07, 6.45) is 11.3. The summed E-state index contributed by atoms with van der Waals surface area (Å²) in [6.45, 7) is 5.25. The van der Waals surface area contributed by atoms with Gasteiger partial charge in [0.2, 0.25) is 0 Å². The van der Waals surface area contributed by atoms with E-state index in [2.05, 4.69) is 41.0 Å². The van der Waals surface area contributed by atoms with Crippen molar-refractivity contribution in [1.82, 2.24) is 14.9 Å². The van der Waals surface area contributed by atoms with Gasteiger partial charge in [0.15, 0.2) is 0 Å². The molecule has 0 bridgehead atoms. The topological polar surface area (TPSA) is 53.6 Å². The van der Waals surface area contributed by atoms with Crippen LogP contribution in [0.4, 0.5) is 0 Å². The number of nitriles is 1. The van der Waals surface area contributed by atoms with Crippen molar-refractivity contribution in [2.75, 3.05) is 6.54 Å². The number of rotatable bonds is 6. The molecule has 0 aromatic carbocycles. The fraction of sp³-hybridized carbons (Fsp3) is 0.750. The van der Waals surface area contributed by atoms with Crippen LogP contribution in [-0.2, 0) is 6.42 Å². The van der Waals surface area contributed by atoms with E-state index in [0.29, 0.717) is 6.04 Å². The second-order valence-corrected chi connectivity index (χ2v) is 5.87. The van der Waals surface area contributed by atoms with E-state index in [-0.39, 0.29) is 5.54 Å². The molecule has 0 radical (unpaired) electrons. The van der Waals surface area contributed by atoms with Gasteiger partial charge in [0.25, 0.3) is 0 Å². The Hall–Kier alpha value is -1.34. The molecule has 1 aliphatic carbocycles. The van der Waals surface area contributed by atoms with Crippen molar-refractivity contribution < 1.29 is 0 Å². The molecule has 1 heterocycles. The fourth-order valence-corrected chi connectivity index (χ4v) is 3.24. The van der Waals surface area contributed by atoms with E-state index in [1.165, 1.54) is 5.82 Å². The standard InChI is InChI=1S/C16H26N4/c1-3-6-15-18-10-11-20(15)14-7-5-8-16(12-14,13-17)19-9-4-2/h10-11,14,19H,3-9,12H2,1-2H3. The minimum Gasteiger partial charge on any atom is -0.332 e. The highest BCUT2D eigenvalue weighted by atomic mass is 15.1. The SMILES string of the molecule is CCCNC1(C#N)CCCC(n2ccnc2CCC)C1. The molecule has 2 atom stereocenters. The lowest BCUT2D eigenvalue weighted by atomic mass is 9.79. The summed E-state index contributed by atoms with van der Waals surface area (Å²) < 4.78 is 2.31. The number of aromatic nitrogens is 2. The molecule has 110 valence electrons. The van der Waals surface area contributed by atoms with Gasteiger partial charge >= 0.3 is 0 Å². The molecule has 1 fully saturated rings. The fourth-order valence-electron chi connectivity index (χ4n) is 3.24. The second-order valence-electron chi connectivity index (χ2n) is 5.87. The van der Waals surface area contributed by atoms with Gasteiger partial charge in [0, 0.05) is 24.9 Å². The summed E-state index contributed by atoms with van der Waals surface area (Å²) in [5, 5.41) is 13.1. The Morgan fingerprint density at radius 2 is 2.35 bits per heavy atom. The van der Waals surface area contributed by atoms with Gasteiger partial charge in [-0.25, -0.2) is 4.98 Å². The lowest BCUT2D eigenvalue weighted by Gasteiger charge is -2.37. The van der Waals surface area contributed by atoms with Crippen LogP contribution in [0.5, 0.6) is 0 Å². The Kier molecular flexibility index (Phi) is 5.19. The van der Waals surface area contributed by atoms with Gasteiger partial charge in [-0.3, -0.25) is 5.32 Å². The molecule has 0 spiro atoms. The lowest BCUT2D eigenvalue weighted by molar-refractivity contribution is 0.228. The summed E-state index contributed by atoms with van der Waals surface area (Å²) in [7, 11) is 0. The monoisotopic (exact) mass is 274 g/mol. The molecule has 1 aromatic heterocycles. The third-order valence-electron chi connectivity index (χ3n) is 4.27.